The number of carbonyl (C=O) groups is 1. The molecule has 1 N–H and O–H groups in total. The minimum atomic E-state index is -0.471. The number of hydrogen-bond donors (Lipinski definition) is 1. The van der Waals surface area contributed by atoms with E-state index in [-0.39, 0.29) is 5.97 Å². The van der Waals surface area contributed by atoms with Crippen LogP contribution < -0.4 is 10.1 Å². The lowest BCUT2D eigenvalue weighted by Crippen LogP contribution is -2.42. The van der Waals surface area contributed by atoms with Gasteiger partial charge in [-0.2, -0.15) is 0 Å². The Balaban J connectivity index is 2.68. The molecule has 0 aromatic heterocycles. The maximum absolute atomic E-state index is 11.7. The van der Waals surface area contributed by atoms with Crippen LogP contribution in [-0.2, 0) is 20.6 Å². The molecule has 0 aliphatic rings. The molecule has 0 amide bonds. The van der Waals surface area contributed by atoms with Crippen molar-refractivity contribution in [1.82, 2.24) is 5.23 Å². The van der Waals surface area contributed by atoms with Crippen molar-refractivity contribution in [1.29, 1.82) is 0 Å². The Bertz CT molecular complexity index is 431. The van der Waals surface area contributed by atoms with Crippen molar-refractivity contribution in [3.8, 4) is 0 Å². The van der Waals surface area contributed by atoms with E-state index in [0.717, 1.165) is 17.8 Å². The van der Waals surface area contributed by atoms with Gasteiger partial charge in [0.15, 0.2) is 0 Å². The van der Waals surface area contributed by atoms with Crippen LogP contribution in [0.4, 0.5) is 5.69 Å². The van der Waals surface area contributed by atoms with E-state index in [2.05, 4.69) is 10.1 Å². The first-order valence-electron chi connectivity index (χ1n) is 6.66. The minimum absolute atomic E-state index is 0.327. The smallest absolute Gasteiger partial charge is 0.396 e. The number of nitrogens with zero attached hydrogens (tertiary/aromatic N) is 1. The molecule has 1 aromatic rings. The molecule has 0 bridgehead atoms. The minimum Gasteiger partial charge on any atom is -0.468 e. The van der Waals surface area contributed by atoms with E-state index < -0.39 is 6.04 Å². The molecule has 1 rings (SSSR count). The van der Waals surface area contributed by atoms with Crippen LogP contribution in [0.15, 0.2) is 24.3 Å². The van der Waals surface area contributed by atoms with Crippen LogP contribution >= 0.6 is 11.6 Å². The molecular formula is C14H21BClN2O3. The maximum Gasteiger partial charge on any atom is 0.396 e. The Morgan fingerprint density at radius 2 is 2.05 bits per heavy atom. The van der Waals surface area contributed by atoms with Crippen molar-refractivity contribution in [2.75, 3.05) is 38.6 Å². The summed E-state index contributed by atoms with van der Waals surface area (Å²) in [5.41, 5.74) is 2.12. The van der Waals surface area contributed by atoms with Gasteiger partial charge in [0.1, 0.15) is 6.04 Å². The van der Waals surface area contributed by atoms with Crippen LogP contribution in [0.25, 0.3) is 0 Å². The summed E-state index contributed by atoms with van der Waals surface area (Å²) < 4.78 is 9.59. The van der Waals surface area contributed by atoms with E-state index in [1.54, 1.807) is 0 Å². The second-order valence-electron chi connectivity index (χ2n) is 4.58. The van der Waals surface area contributed by atoms with Gasteiger partial charge >= 0.3 is 13.6 Å². The number of esters is 1. The zero-order valence-corrected chi connectivity index (χ0v) is 13.4. The monoisotopic (exact) mass is 311 g/mol. The van der Waals surface area contributed by atoms with E-state index in [1.165, 1.54) is 21.8 Å². The molecule has 0 spiro atoms. The number of hydrogen-bond acceptors (Lipinski definition) is 5. The van der Waals surface area contributed by atoms with Crippen molar-refractivity contribution in [2.45, 2.75) is 12.5 Å². The molecule has 1 unspecified atom stereocenters. The van der Waals surface area contributed by atoms with E-state index in [4.69, 9.17) is 21.0 Å². The van der Waals surface area contributed by atoms with Gasteiger partial charge in [0.05, 0.1) is 7.11 Å². The summed E-state index contributed by atoms with van der Waals surface area (Å²) >= 11 is 5.73. The Kier molecular flexibility index (Phi) is 8.19. The standard InChI is InChI=1S/C14H21BClN2O3/c1-18(9-8-16)12-6-4-11(5-7-12)10-13(14(19)20-2)17-15-21-3/h4-7,13,17H,8-10H2,1-3H3. The fourth-order valence-electron chi connectivity index (χ4n) is 1.88. The van der Waals surface area contributed by atoms with E-state index in [0.29, 0.717) is 12.3 Å². The van der Waals surface area contributed by atoms with Crippen LogP contribution in [0, 0.1) is 0 Å². The zero-order valence-electron chi connectivity index (χ0n) is 12.6. The van der Waals surface area contributed by atoms with Gasteiger partial charge in [0, 0.05) is 32.3 Å². The quantitative estimate of drug-likeness (QED) is 0.422. The molecule has 1 atom stereocenters. The van der Waals surface area contributed by atoms with Crippen LogP contribution in [0.1, 0.15) is 5.56 Å². The number of halogens is 1. The molecule has 0 aliphatic heterocycles. The summed E-state index contributed by atoms with van der Waals surface area (Å²) in [6.45, 7) is 0.788. The highest BCUT2D eigenvalue weighted by Crippen LogP contribution is 2.15. The number of benzene rings is 1. The van der Waals surface area contributed by atoms with Gasteiger partial charge in [0.2, 0.25) is 0 Å². The van der Waals surface area contributed by atoms with Gasteiger partial charge in [-0.05, 0) is 24.1 Å². The normalized spacial score (nSPS) is 11.8. The average Bonchev–Trinajstić information content (AvgIpc) is 2.51. The van der Waals surface area contributed by atoms with E-state index >= 15 is 0 Å². The second-order valence-corrected chi connectivity index (χ2v) is 4.96. The molecule has 7 heteroatoms. The first kappa shape index (κ1) is 17.8. The van der Waals surface area contributed by atoms with Crippen molar-refractivity contribution in [2.24, 2.45) is 0 Å². The Hall–Kier alpha value is -1.24. The third-order valence-electron chi connectivity index (χ3n) is 3.11. The van der Waals surface area contributed by atoms with Crippen molar-refractivity contribution < 1.29 is 14.2 Å². The molecule has 0 fully saturated rings. The lowest BCUT2D eigenvalue weighted by Gasteiger charge is -2.19. The number of nitrogens with one attached hydrogen (secondary N) is 1. The predicted octanol–water partition coefficient (Wildman–Crippen LogP) is 1.22. The zero-order chi connectivity index (χ0) is 15.7. The fraction of sp³-hybridized carbons (Fsp3) is 0.500. The molecular weight excluding hydrogens is 290 g/mol. The second kappa shape index (κ2) is 9.66. The van der Waals surface area contributed by atoms with Gasteiger partial charge in [-0.3, -0.25) is 4.79 Å². The van der Waals surface area contributed by atoms with Crippen molar-refractivity contribution in [3.63, 3.8) is 0 Å². The van der Waals surface area contributed by atoms with Gasteiger partial charge in [-0.15, -0.1) is 11.6 Å². The van der Waals surface area contributed by atoms with Crippen LogP contribution in [0.3, 0.4) is 0 Å². The number of alkyl halides is 1. The molecule has 115 valence electrons. The highest BCUT2D eigenvalue weighted by atomic mass is 35.5. The summed E-state index contributed by atoms with van der Waals surface area (Å²) in [5.74, 6) is 0.256. The Morgan fingerprint density at radius 3 is 2.57 bits per heavy atom. The lowest BCUT2D eigenvalue weighted by molar-refractivity contribution is -0.142. The number of methoxy groups -OCH3 is 1. The number of ether oxygens (including phenoxy) is 1. The Labute approximate surface area is 131 Å². The molecule has 21 heavy (non-hydrogen) atoms. The third kappa shape index (κ3) is 5.95. The van der Waals surface area contributed by atoms with Gasteiger partial charge < -0.3 is 19.5 Å². The molecule has 0 saturated heterocycles. The largest absolute Gasteiger partial charge is 0.468 e. The number of anilines is 1. The lowest BCUT2D eigenvalue weighted by atomic mass is 10.0. The highest BCUT2D eigenvalue weighted by molar-refractivity contribution is 6.24. The van der Waals surface area contributed by atoms with E-state index in [1.807, 2.05) is 31.3 Å². The van der Waals surface area contributed by atoms with Gasteiger partial charge in [-0.25, -0.2) is 0 Å². The van der Waals surface area contributed by atoms with Crippen molar-refractivity contribution >= 4 is 30.9 Å². The molecule has 1 aromatic carbocycles. The molecule has 0 aliphatic carbocycles. The van der Waals surface area contributed by atoms with Crippen LogP contribution in [-0.4, -0.2) is 53.3 Å². The van der Waals surface area contributed by atoms with Gasteiger partial charge in [0.25, 0.3) is 0 Å². The molecule has 0 heterocycles. The van der Waals surface area contributed by atoms with Crippen LogP contribution in [0.2, 0.25) is 0 Å². The number of carbonyl (C=O) groups excluding carboxylic acids is 1. The SMILES string of the molecule is CO[B]NC(Cc1ccc(N(C)CCCl)cc1)C(=O)OC. The topological polar surface area (TPSA) is 50.8 Å². The molecule has 0 saturated carbocycles. The van der Waals surface area contributed by atoms with Crippen molar-refractivity contribution in [3.05, 3.63) is 29.8 Å². The molecule has 1 radical (unpaired) electrons. The summed E-state index contributed by atoms with van der Waals surface area (Å²) in [5, 5.41) is 2.88. The third-order valence-corrected chi connectivity index (χ3v) is 3.28. The fourth-order valence-corrected chi connectivity index (χ4v) is 2.13. The number of rotatable bonds is 9. The highest BCUT2D eigenvalue weighted by Gasteiger charge is 2.19. The Morgan fingerprint density at radius 1 is 1.38 bits per heavy atom. The van der Waals surface area contributed by atoms with Gasteiger partial charge in [-0.1, -0.05) is 12.1 Å². The van der Waals surface area contributed by atoms with Crippen LogP contribution in [0.5, 0.6) is 0 Å². The van der Waals surface area contributed by atoms with E-state index in [9.17, 15) is 4.79 Å². The summed E-state index contributed by atoms with van der Waals surface area (Å²) in [7, 11) is 6.25. The summed E-state index contributed by atoms with van der Waals surface area (Å²) in [4.78, 5) is 13.8. The molecule has 5 nitrogen and oxygen atoms in total. The first-order valence-corrected chi connectivity index (χ1v) is 7.20. The maximum atomic E-state index is 11.7. The predicted molar refractivity (Wildman–Crippen MR) is 85.8 cm³/mol. The summed E-state index contributed by atoms with van der Waals surface area (Å²) in [6, 6.07) is 7.53. The average molecular weight is 312 g/mol. The first-order chi connectivity index (χ1) is 10.1. The summed E-state index contributed by atoms with van der Waals surface area (Å²) in [6.07, 6.45) is 0.520.